The fourth-order valence-corrected chi connectivity index (χ4v) is 2.78. The minimum absolute atomic E-state index is 0.494. The number of rotatable bonds is 4. The van der Waals surface area contributed by atoms with E-state index in [1.165, 1.54) is 11.1 Å². The molecule has 3 rings (SSSR count). The van der Waals surface area contributed by atoms with Gasteiger partial charge < -0.3 is 10.2 Å². The fraction of sp³-hybridized carbons (Fsp3) is 0.500. The predicted octanol–water partition coefficient (Wildman–Crippen LogP) is 1.70. The van der Waals surface area contributed by atoms with Gasteiger partial charge in [-0.05, 0) is 25.8 Å². The van der Waals surface area contributed by atoms with Crippen LogP contribution in [0.1, 0.15) is 23.9 Å². The van der Waals surface area contributed by atoms with Gasteiger partial charge >= 0.3 is 0 Å². The highest BCUT2D eigenvalue weighted by molar-refractivity contribution is 5.30. The first-order valence-electron chi connectivity index (χ1n) is 7.66. The van der Waals surface area contributed by atoms with Crippen molar-refractivity contribution in [2.24, 2.45) is 0 Å². The average Bonchev–Trinajstić information content (AvgIpc) is 2.94. The Kier molecular flexibility index (Phi) is 4.20. The summed E-state index contributed by atoms with van der Waals surface area (Å²) in [6.07, 6.45) is 1.90. The van der Waals surface area contributed by atoms with Crippen LogP contribution in [0.25, 0.3) is 0 Å². The van der Waals surface area contributed by atoms with Crippen molar-refractivity contribution < 1.29 is 0 Å². The molecule has 21 heavy (non-hydrogen) atoms. The second-order valence-electron chi connectivity index (χ2n) is 5.87. The summed E-state index contributed by atoms with van der Waals surface area (Å²) in [5.74, 6) is 1.81. The zero-order valence-electron chi connectivity index (χ0n) is 12.8. The van der Waals surface area contributed by atoms with Crippen molar-refractivity contribution >= 4 is 5.95 Å². The number of aromatic amines is 1. The van der Waals surface area contributed by atoms with E-state index in [2.05, 4.69) is 63.5 Å². The van der Waals surface area contributed by atoms with E-state index in [1.54, 1.807) is 0 Å². The maximum Gasteiger partial charge on any atom is 0.244 e. The smallest absolute Gasteiger partial charge is 0.244 e. The molecular weight excluding hydrogens is 262 g/mol. The summed E-state index contributed by atoms with van der Waals surface area (Å²) >= 11 is 0. The Bertz CT molecular complexity index is 592. The maximum absolute atomic E-state index is 4.64. The molecule has 112 valence electrons. The highest BCUT2D eigenvalue weighted by atomic mass is 15.4. The molecule has 2 N–H and O–H groups in total. The van der Waals surface area contributed by atoms with Crippen LogP contribution in [0.3, 0.4) is 0 Å². The number of H-pyrrole nitrogens is 1. The zero-order valence-corrected chi connectivity index (χ0v) is 12.8. The molecule has 0 bridgehead atoms. The molecule has 1 aromatic heterocycles. The molecule has 0 aliphatic carbocycles. The van der Waals surface area contributed by atoms with Gasteiger partial charge in [-0.15, -0.1) is 5.10 Å². The molecule has 1 aliphatic rings. The van der Waals surface area contributed by atoms with Crippen molar-refractivity contribution in [3.63, 3.8) is 0 Å². The monoisotopic (exact) mass is 285 g/mol. The number of benzene rings is 1. The Morgan fingerprint density at radius 3 is 3.05 bits per heavy atom. The van der Waals surface area contributed by atoms with Crippen LogP contribution in [0.4, 0.5) is 5.95 Å². The van der Waals surface area contributed by atoms with Crippen molar-refractivity contribution in [2.75, 3.05) is 24.5 Å². The molecule has 2 aromatic rings. The van der Waals surface area contributed by atoms with E-state index in [-0.39, 0.29) is 0 Å². The van der Waals surface area contributed by atoms with Crippen molar-refractivity contribution in [2.45, 2.75) is 32.7 Å². The quantitative estimate of drug-likeness (QED) is 0.897. The van der Waals surface area contributed by atoms with Crippen LogP contribution in [0.5, 0.6) is 0 Å². The third-order valence-electron chi connectivity index (χ3n) is 3.90. The highest BCUT2D eigenvalue weighted by Crippen LogP contribution is 2.12. The summed E-state index contributed by atoms with van der Waals surface area (Å²) in [7, 11) is 0. The zero-order chi connectivity index (χ0) is 14.7. The normalized spacial score (nSPS) is 19.0. The Morgan fingerprint density at radius 1 is 1.33 bits per heavy atom. The van der Waals surface area contributed by atoms with Gasteiger partial charge in [0, 0.05) is 32.1 Å². The lowest BCUT2D eigenvalue weighted by Crippen LogP contribution is -2.49. The second-order valence-corrected chi connectivity index (χ2v) is 5.87. The van der Waals surface area contributed by atoms with Crippen molar-refractivity contribution in [1.82, 2.24) is 20.5 Å². The standard InChI is InChI=1S/C16H23N5/c1-12-4-3-5-14(10-12)6-7-15-18-16(20-19-15)21-9-8-17-13(2)11-21/h3-5,10,13,17H,6-9,11H2,1-2H3,(H,18,19,20)/t13-/m1/s1. The molecule has 5 nitrogen and oxygen atoms in total. The van der Waals surface area contributed by atoms with Gasteiger partial charge in [0.15, 0.2) is 0 Å². The average molecular weight is 285 g/mol. The van der Waals surface area contributed by atoms with E-state index in [0.717, 1.165) is 44.2 Å². The first-order valence-corrected chi connectivity index (χ1v) is 7.66. The largest absolute Gasteiger partial charge is 0.337 e. The van der Waals surface area contributed by atoms with Crippen LogP contribution in [-0.2, 0) is 12.8 Å². The summed E-state index contributed by atoms with van der Waals surface area (Å²) in [5.41, 5.74) is 2.66. The van der Waals surface area contributed by atoms with Crippen LogP contribution in [0.2, 0.25) is 0 Å². The number of anilines is 1. The van der Waals surface area contributed by atoms with E-state index >= 15 is 0 Å². The molecule has 1 saturated heterocycles. The highest BCUT2D eigenvalue weighted by Gasteiger charge is 2.19. The number of hydrogen-bond acceptors (Lipinski definition) is 4. The van der Waals surface area contributed by atoms with Crippen LogP contribution in [0.15, 0.2) is 24.3 Å². The number of nitrogens with one attached hydrogen (secondary N) is 2. The molecule has 0 radical (unpaired) electrons. The summed E-state index contributed by atoms with van der Waals surface area (Å²) in [6.45, 7) is 7.25. The molecule has 1 aliphatic heterocycles. The van der Waals surface area contributed by atoms with E-state index in [0.29, 0.717) is 6.04 Å². The lowest BCUT2D eigenvalue weighted by Gasteiger charge is -2.30. The van der Waals surface area contributed by atoms with E-state index < -0.39 is 0 Å². The molecule has 0 amide bonds. The Morgan fingerprint density at radius 2 is 2.24 bits per heavy atom. The minimum atomic E-state index is 0.494. The summed E-state index contributed by atoms with van der Waals surface area (Å²) in [6, 6.07) is 9.13. The molecule has 5 heteroatoms. The van der Waals surface area contributed by atoms with Gasteiger partial charge in [-0.2, -0.15) is 4.98 Å². The van der Waals surface area contributed by atoms with Crippen LogP contribution in [0, 0.1) is 6.92 Å². The minimum Gasteiger partial charge on any atom is -0.337 e. The first kappa shape index (κ1) is 14.1. The number of nitrogens with zero attached hydrogens (tertiary/aromatic N) is 3. The third-order valence-corrected chi connectivity index (χ3v) is 3.90. The van der Waals surface area contributed by atoms with Gasteiger partial charge in [0.05, 0.1) is 0 Å². The third kappa shape index (κ3) is 3.61. The number of piperazine rings is 1. The Labute approximate surface area is 125 Å². The summed E-state index contributed by atoms with van der Waals surface area (Å²) in [5, 5.41) is 10.9. The fourth-order valence-electron chi connectivity index (χ4n) is 2.78. The molecule has 2 heterocycles. The Balaban J connectivity index is 1.60. The molecule has 1 atom stereocenters. The lowest BCUT2D eigenvalue weighted by molar-refractivity contribution is 0.479. The van der Waals surface area contributed by atoms with Crippen molar-refractivity contribution in [1.29, 1.82) is 0 Å². The summed E-state index contributed by atoms with van der Waals surface area (Å²) < 4.78 is 0. The van der Waals surface area contributed by atoms with Crippen molar-refractivity contribution in [3.8, 4) is 0 Å². The number of hydrogen-bond donors (Lipinski definition) is 2. The molecule has 1 aromatic carbocycles. The van der Waals surface area contributed by atoms with Gasteiger partial charge in [0.1, 0.15) is 5.82 Å². The maximum atomic E-state index is 4.64. The van der Waals surface area contributed by atoms with Crippen LogP contribution >= 0.6 is 0 Å². The molecule has 0 unspecified atom stereocenters. The predicted molar refractivity (Wildman–Crippen MR) is 84.6 cm³/mol. The number of aromatic nitrogens is 3. The molecular formula is C16H23N5. The first-order chi connectivity index (χ1) is 10.2. The number of aryl methyl sites for hydroxylation is 3. The molecule has 0 saturated carbocycles. The molecule has 0 spiro atoms. The Hall–Kier alpha value is -1.88. The summed E-state index contributed by atoms with van der Waals surface area (Å²) in [4.78, 5) is 6.88. The second kappa shape index (κ2) is 6.26. The molecule has 1 fully saturated rings. The SMILES string of the molecule is Cc1cccc(CCc2nc(N3CCN[C@H](C)C3)n[nH]2)c1. The van der Waals surface area contributed by atoms with Gasteiger partial charge in [-0.1, -0.05) is 29.8 Å². The van der Waals surface area contributed by atoms with E-state index in [9.17, 15) is 0 Å². The van der Waals surface area contributed by atoms with Gasteiger partial charge in [-0.3, -0.25) is 5.10 Å². The van der Waals surface area contributed by atoms with Gasteiger partial charge in [-0.25, -0.2) is 0 Å². The van der Waals surface area contributed by atoms with E-state index in [4.69, 9.17) is 0 Å². The van der Waals surface area contributed by atoms with Crippen LogP contribution in [-0.4, -0.2) is 40.9 Å². The van der Waals surface area contributed by atoms with Gasteiger partial charge in [0.25, 0.3) is 0 Å². The van der Waals surface area contributed by atoms with Crippen molar-refractivity contribution in [3.05, 3.63) is 41.2 Å². The van der Waals surface area contributed by atoms with Gasteiger partial charge in [0.2, 0.25) is 5.95 Å². The lowest BCUT2D eigenvalue weighted by atomic mass is 10.1. The topological polar surface area (TPSA) is 56.8 Å². The van der Waals surface area contributed by atoms with Crippen LogP contribution < -0.4 is 10.2 Å². The van der Waals surface area contributed by atoms with E-state index in [1.807, 2.05) is 0 Å².